The third-order valence-corrected chi connectivity index (χ3v) is 4.17. The number of nitrogens with zero attached hydrogens (tertiary/aromatic N) is 1. The van der Waals surface area contributed by atoms with Crippen molar-refractivity contribution < 1.29 is 18.7 Å². The normalized spacial score (nSPS) is 14.2. The fourth-order valence-corrected chi connectivity index (χ4v) is 2.74. The van der Waals surface area contributed by atoms with Crippen LogP contribution in [0.4, 0.5) is 14.9 Å². The van der Waals surface area contributed by atoms with Crippen LogP contribution in [0.2, 0.25) is 0 Å². The van der Waals surface area contributed by atoms with Gasteiger partial charge in [0.05, 0.1) is 47.2 Å². The van der Waals surface area contributed by atoms with Gasteiger partial charge in [0.2, 0.25) is 0 Å². The molecule has 7 nitrogen and oxygen atoms in total. The molecule has 144 valence electrons. The van der Waals surface area contributed by atoms with Gasteiger partial charge in [-0.15, -0.1) is 0 Å². The van der Waals surface area contributed by atoms with Crippen LogP contribution in [-0.4, -0.2) is 34.6 Å². The maximum absolute atomic E-state index is 14.6. The van der Waals surface area contributed by atoms with Crippen LogP contribution in [0.3, 0.4) is 0 Å². The van der Waals surface area contributed by atoms with Crippen molar-refractivity contribution in [1.82, 2.24) is 15.3 Å². The third kappa shape index (κ3) is 3.74. The molecule has 0 aliphatic carbocycles. The summed E-state index contributed by atoms with van der Waals surface area (Å²) in [6, 6.07) is 2.74. The maximum Gasteiger partial charge on any atom is 0.408 e. The summed E-state index contributed by atoms with van der Waals surface area (Å²) in [6.45, 7) is 5.11. The molecule has 3 N–H and O–H groups in total. The molecule has 8 heteroatoms. The van der Waals surface area contributed by atoms with E-state index in [4.69, 9.17) is 0 Å². The van der Waals surface area contributed by atoms with Gasteiger partial charge >= 0.3 is 6.09 Å². The zero-order valence-electron chi connectivity index (χ0n) is 15.9. The summed E-state index contributed by atoms with van der Waals surface area (Å²) in [5.41, 5.74) is 1.58. The highest BCUT2D eigenvalue weighted by molar-refractivity contribution is 6.35. The molecule has 0 bridgehead atoms. The van der Waals surface area contributed by atoms with E-state index in [9.17, 15) is 14.0 Å². The Morgan fingerprint density at radius 2 is 2.14 bits per heavy atom. The smallest absolute Gasteiger partial charge is 0.408 e. The van der Waals surface area contributed by atoms with Crippen LogP contribution in [0.25, 0.3) is 11.6 Å². The number of aromatic amines is 1. The lowest BCUT2D eigenvalue weighted by Gasteiger charge is -2.18. The van der Waals surface area contributed by atoms with Crippen LogP contribution >= 0.6 is 0 Å². The number of nitrogens with one attached hydrogen (secondary N) is 3. The number of fused-ring (bicyclic) bond motifs is 1. The minimum Gasteiger partial charge on any atom is -0.453 e. The lowest BCUT2D eigenvalue weighted by atomic mass is 9.97. The second-order valence-electron chi connectivity index (χ2n) is 6.75. The Hall–Kier alpha value is -3.60. The van der Waals surface area contributed by atoms with Gasteiger partial charge < -0.3 is 20.4 Å². The lowest BCUT2D eigenvalue weighted by molar-refractivity contribution is -0.110. The van der Waals surface area contributed by atoms with Crippen molar-refractivity contribution in [3.63, 3.8) is 0 Å². The predicted octanol–water partition coefficient (Wildman–Crippen LogP) is 2.84. The van der Waals surface area contributed by atoms with Gasteiger partial charge in [-0.25, -0.2) is 14.2 Å². The number of aryl methyl sites for hydroxylation is 1. The van der Waals surface area contributed by atoms with E-state index in [1.807, 2.05) is 0 Å². The fraction of sp³-hybridized carbons (Fsp3) is 0.250. The molecule has 3 rings (SSSR count). The van der Waals surface area contributed by atoms with E-state index in [0.717, 1.165) is 0 Å². The largest absolute Gasteiger partial charge is 0.453 e. The van der Waals surface area contributed by atoms with E-state index in [1.54, 1.807) is 26.8 Å². The number of benzene rings is 1. The molecule has 0 fully saturated rings. The van der Waals surface area contributed by atoms with E-state index >= 15 is 0 Å². The Balaban J connectivity index is 2.10. The van der Waals surface area contributed by atoms with Crippen LogP contribution in [0.5, 0.6) is 0 Å². The number of amides is 2. The molecule has 1 aliphatic rings. The zero-order valence-corrected chi connectivity index (χ0v) is 15.9. The first-order valence-electron chi connectivity index (χ1n) is 8.47. The Kier molecular flexibility index (Phi) is 4.92. The number of carbonyl (C=O) groups is 2. The molecule has 0 saturated heterocycles. The average Bonchev–Trinajstić information content (AvgIpc) is 3.17. The van der Waals surface area contributed by atoms with E-state index in [2.05, 4.69) is 37.2 Å². The summed E-state index contributed by atoms with van der Waals surface area (Å²) in [5.74, 6) is 4.68. The highest BCUT2D eigenvalue weighted by Crippen LogP contribution is 2.36. The quantitative estimate of drug-likeness (QED) is 0.550. The molecule has 0 atom stereocenters. The summed E-state index contributed by atoms with van der Waals surface area (Å²) in [5, 5.41) is 5.28. The number of aromatic nitrogens is 2. The first-order valence-corrected chi connectivity index (χ1v) is 8.47. The average molecular weight is 382 g/mol. The fourth-order valence-electron chi connectivity index (χ4n) is 2.74. The Morgan fingerprint density at radius 1 is 1.39 bits per heavy atom. The van der Waals surface area contributed by atoms with Crippen molar-refractivity contribution in [3.8, 4) is 11.8 Å². The zero-order chi connectivity index (χ0) is 20.5. The van der Waals surface area contributed by atoms with Crippen molar-refractivity contribution in [2.45, 2.75) is 26.3 Å². The standard InChI is InChI=1S/C20H19FN4O3/c1-11-16(23-10-22-11)9-13-17-12(7-8-20(2,3)25-19(27)28-4)14(21)5-6-15(17)24-18(13)26/h5-6,9-10H,1-4H3,(H,22,23)(H,24,26)(H,25,27)/b13-9-. The van der Waals surface area contributed by atoms with Crippen LogP contribution in [0.15, 0.2) is 18.5 Å². The molecule has 2 heterocycles. The van der Waals surface area contributed by atoms with Crippen molar-refractivity contribution in [2.75, 3.05) is 12.4 Å². The Bertz CT molecular complexity index is 1060. The number of ether oxygens (including phenoxy) is 1. The predicted molar refractivity (Wildman–Crippen MR) is 103 cm³/mol. The SMILES string of the molecule is COC(=O)NC(C)(C)C#Cc1c(F)ccc2c1/C(=C/c1[nH]cnc1C)C(=O)N2. The lowest BCUT2D eigenvalue weighted by Crippen LogP contribution is -2.42. The second kappa shape index (κ2) is 7.19. The van der Waals surface area contributed by atoms with Crippen molar-refractivity contribution >= 4 is 29.3 Å². The number of hydrogen-bond donors (Lipinski definition) is 3. The van der Waals surface area contributed by atoms with E-state index < -0.39 is 17.4 Å². The number of methoxy groups -OCH3 is 1. The van der Waals surface area contributed by atoms with E-state index in [-0.39, 0.29) is 17.0 Å². The molecule has 0 spiro atoms. The van der Waals surface area contributed by atoms with Crippen LogP contribution < -0.4 is 10.6 Å². The molecule has 1 aromatic heterocycles. The second-order valence-corrected chi connectivity index (χ2v) is 6.75. The minimum atomic E-state index is -0.970. The van der Waals surface area contributed by atoms with Gasteiger partial charge in [0, 0.05) is 5.56 Å². The summed E-state index contributed by atoms with van der Waals surface area (Å²) < 4.78 is 19.2. The van der Waals surface area contributed by atoms with Crippen LogP contribution in [0.1, 0.15) is 36.4 Å². The van der Waals surface area contributed by atoms with Gasteiger partial charge in [-0.2, -0.15) is 0 Å². The number of anilines is 1. The van der Waals surface area contributed by atoms with Gasteiger partial charge in [0.1, 0.15) is 5.82 Å². The number of H-pyrrole nitrogens is 1. The monoisotopic (exact) mass is 382 g/mol. The maximum atomic E-state index is 14.6. The van der Waals surface area contributed by atoms with Crippen molar-refractivity contribution in [3.05, 3.63) is 46.8 Å². The van der Waals surface area contributed by atoms with Crippen molar-refractivity contribution in [2.24, 2.45) is 0 Å². The number of alkyl carbamates (subject to hydrolysis) is 1. The number of halogens is 1. The molecule has 2 aromatic rings. The van der Waals surface area contributed by atoms with Gasteiger partial charge in [-0.05, 0) is 39.0 Å². The van der Waals surface area contributed by atoms with E-state index in [1.165, 1.54) is 25.6 Å². The van der Waals surface area contributed by atoms with Gasteiger partial charge in [-0.3, -0.25) is 4.79 Å². The molecule has 1 aliphatic heterocycles. The summed E-state index contributed by atoms with van der Waals surface area (Å²) >= 11 is 0. The van der Waals surface area contributed by atoms with Gasteiger partial charge in [0.15, 0.2) is 0 Å². The number of hydrogen-bond acceptors (Lipinski definition) is 4. The van der Waals surface area contributed by atoms with Crippen molar-refractivity contribution in [1.29, 1.82) is 0 Å². The summed E-state index contributed by atoms with van der Waals surface area (Å²) in [7, 11) is 1.24. The van der Waals surface area contributed by atoms with Gasteiger partial charge in [0.25, 0.3) is 5.91 Å². The third-order valence-electron chi connectivity index (χ3n) is 4.17. The molecule has 0 saturated carbocycles. The van der Waals surface area contributed by atoms with Gasteiger partial charge in [-0.1, -0.05) is 11.8 Å². The molecule has 28 heavy (non-hydrogen) atoms. The first-order chi connectivity index (χ1) is 13.2. The molecule has 0 unspecified atom stereocenters. The first kappa shape index (κ1) is 19.2. The Morgan fingerprint density at radius 3 is 2.79 bits per heavy atom. The molecule has 1 aromatic carbocycles. The number of carbonyl (C=O) groups excluding carboxylic acids is 2. The summed E-state index contributed by atoms with van der Waals surface area (Å²) in [6.07, 6.45) is 2.49. The summed E-state index contributed by atoms with van der Waals surface area (Å²) in [4.78, 5) is 31.0. The molecule has 2 amide bonds. The van der Waals surface area contributed by atoms with Crippen LogP contribution in [0, 0.1) is 24.6 Å². The molecular weight excluding hydrogens is 363 g/mol. The Labute approximate surface area is 161 Å². The highest BCUT2D eigenvalue weighted by Gasteiger charge is 2.29. The van der Waals surface area contributed by atoms with E-state index in [0.29, 0.717) is 22.6 Å². The number of rotatable bonds is 2. The molecule has 0 radical (unpaired) electrons. The molecular formula is C20H19FN4O3. The van der Waals surface area contributed by atoms with Crippen LogP contribution in [-0.2, 0) is 9.53 Å². The topological polar surface area (TPSA) is 96.1 Å². The highest BCUT2D eigenvalue weighted by atomic mass is 19.1. The number of imidazole rings is 1. The minimum absolute atomic E-state index is 0.0685.